The number of hydrogen-bond donors (Lipinski definition) is 1. The molecule has 0 spiro atoms. The zero-order valence-corrected chi connectivity index (χ0v) is 15.9. The lowest BCUT2D eigenvalue weighted by Gasteiger charge is -2.37. The van der Waals surface area contributed by atoms with E-state index in [1.54, 1.807) is 13.0 Å². The van der Waals surface area contributed by atoms with Gasteiger partial charge in [-0.25, -0.2) is 0 Å². The molecular weight excluding hydrogens is 344 g/mol. The molecule has 3 heterocycles. The molecule has 0 bridgehead atoms. The van der Waals surface area contributed by atoms with E-state index < -0.39 is 0 Å². The highest BCUT2D eigenvalue weighted by atomic mass is 16.5. The highest BCUT2D eigenvalue weighted by molar-refractivity contribution is 5.93. The lowest BCUT2D eigenvalue weighted by Crippen LogP contribution is -2.52. The van der Waals surface area contributed by atoms with Gasteiger partial charge in [0, 0.05) is 45.2 Å². The minimum atomic E-state index is -0.193. The molecule has 1 amide bonds. The summed E-state index contributed by atoms with van der Waals surface area (Å²) in [4.78, 5) is 17.1. The highest BCUT2D eigenvalue weighted by Gasteiger charge is 2.26. The molecule has 1 aromatic heterocycles. The van der Waals surface area contributed by atoms with Crippen LogP contribution < -0.4 is 10.1 Å². The van der Waals surface area contributed by atoms with Crippen LogP contribution in [-0.4, -0.2) is 59.7 Å². The van der Waals surface area contributed by atoms with Gasteiger partial charge in [0.05, 0.1) is 12.6 Å². The van der Waals surface area contributed by atoms with Gasteiger partial charge in [-0.05, 0) is 31.0 Å². The van der Waals surface area contributed by atoms with Crippen LogP contribution >= 0.6 is 0 Å². The van der Waals surface area contributed by atoms with E-state index >= 15 is 0 Å². The van der Waals surface area contributed by atoms with Crippen molar-refractivity contribution in [3.63, 3.8) is 0 Å². The van der Waals surface area contributed by atoms with Gasteiger partial charge < -0.3 is 14.6 Å². The average Bonchev–Trinajstić information content (AvgIpc) is 3.30. The third-order valence-electron chi connectivity index (χ3n) is 5.37. The Balaban J connectivity index is 1.27. The summed E-state index contributed by atoms with van der Waals surface area (Å²) < 4.78 is 10.6. The van der Waals surface area contributed by atoms with E-state index in [9.17, 15) is 4.79 Å². The van der Waals surface area contributed by atoms with Crippen LogP contribution in [0.15, 0.2) is 28.8 Å². The fourth-order valence-electron chi connectivity index (χ4n) is 3.73. The third kappa shape index (κ3) is 4.14. The van der Waals surface area contributed by atoms with Crippen LogP contribution in [0.5, 0.6) is 5.75 Å². The number of ether oxygens (including phenoxy) is 1. The Morgan fingerprint density at radius 3 is 2.81 bits per heavy atom. The fraction of sp³-hybridized carbons (Fsp3) is 0.500. The lowest BCUT2D eigenvalue weighted by atomic mass is 10.1. The topological polar surface area (TPSA) is 70.8 Å². The monoisotopic (exact) mass is 370 g/mol. The second-order valence-corrected chi connectivity index (χ2v) is 7.34. The molecule has 2 aromatic rings. The number of carbonyl (C=O) groups excluding carboxylic acids is 1. The van der Waals surface area contributed by atoms with Crippen molar-refractivity contribution >= 4 is 11.7 Å². The Labute approximate surface area is 159 Å². The van der Waals surface area contributed by atoms with Gasteiger partial charge in [-0.15, -0.1) is 0 Å². The van der Waals surface area contributed by atoms with Gasteiger partial charge in [-0.2, -0.15) is 0 Å². The first-order valence-electron chi connectivity index (χ1n) is 9.54. The maximum Gasteiger partial charge on any atom is 0.242 e. The summed E-state index contributed by atoms with van der Waals surface area (Å²) in [5.74, 6) is 2.15. The number of carbonyl (C=O) groups is 1. The SMILES string of the molecule is Cc1cc(NC(=O)C(C)N2CCN(Cc3ccc4c(c3)CCO4)CC2)no1. The molecule has 7 nitrogen and oxygen atoms in total. The minimum absolute atomic E-state index is 0.0460. The molecule has 0 radical (unpaired) electrons. The number of aromatic nitrogens is 1. The highest BCUT2D eigenvalue weighted by Crippen LogP contribution is 2.26. The number of anilines is 1. The molecule has 1 unspecified atom stereocenters. The van der Waals surface area contributed by atoms with Crippen molar-refractivity contribution < 1.29 is 14.1 Å². The number of benzene rings is 1. The van der Waals surface area contributed by atoms with Crippen molar-refractivity contribution in [2.24, 2.45) is 0 Å². The lowest BCUT2D eigenvalue weighted by molar-refractivity contribution is -0.121. The Kier molecular flexibility index (Phi) is 5.13. The number of nitrogens with one attached hydrogen (secondary N) is 1. The summed E-state index contributed by atoms with van der Waals surface area (Å²) in [5, 5.41) is 6.65. The first-order valence-corrected chi connectivity index (χ1v) is 9.54. The molecule has 27 heavy (non-hydrogen) atoms. The number of piperazine rings is 1. The predicted octanol–water partition coefficient (Wildman–Crippen LogP) is 2.06. The van der Waals surface area contributed by atoms with Crippen LogP contribution in [0.1, 0.15) is 23.8 Å². The standard InChI is InChI=1S/C20H26N4O3/c1-14-11-19(22-27-14)21-20(25)15(2)24-8-6-23(7-9-24)13-16-3-4-18-17(12-16)5-10-26-18/h3-4,11-12,15H,5-10,13H2,1-2H3,(H,21,22,25). The van der Waals surface area contributed by atoms with E-state index in [-0.39, 0.29) is 11.9 Å². The van der Waals surface area contributed by atoms with Crippen LogP contribution in [0.25, 0.3) is 0 Å². The number of fused-ring (bicyclic) bond motifs is 1. The third-order valence-corrected chi connectivity index (χ3v) is 5.37. The summed E-state index contributed by atoms with van der Waals surface area (Å²) in [6.45, 7) is 9.15. The Bertz CT molecular complexity index is 811. The molecule has 7 heteroatoms. The van der Waals surface area contributed by atoms with Gasteiger partial charge in [0.15, 0.2) is 5.82 Å². The molecule has 144 valence electrons. The number of aryl methyl sites for hydroxylation is 1. The van der Waals surface area contributed by atoms with Crippen molar-refractivity contribution in [1.82, 2.24) is 15.0 Å². The zero-order valence-electron chi connectivity index (χ0n) is 15.9. The smallest absolute Gasteiger partial charge is 0.242 e. The normalized spacial score (nSPS) is 18.7. The first-order chi connectivity index (χ1) is 13.1. The van der Waals surface area contributed by atoms with E-state index in [0.29, 0.717) is 11.6 Å². The molecular formula is C20H26N4O3. The number of amides is 1. The summed E-state index contributed by atoms with van der Waals surface area (Å²) in [6, 6.07) is 8.05. The molecule has 1 aromatic carbocycles. The molecule has 1 N–H and O–H groups in total. The van der Waals surface area contributed by atoms with Crippen molar-refractivity contribution in [2.45, 2.75) is 32.9 Å². The largest absolute Gasteiger partial charge is 0.493 e. The molecule has 1 fully saturated rings. The molecule has 0 aliphatic carbocycles. The van der Waals surface area contributed by atoms with Crippen LogP contribution in [0.2, 0.25) is 0 Å². The maximum atomic E-state index is 12.4. The van der Waals surface area contributed by atoms with Crippen LogP contribution in [0.3, 0.4) is 0 Å². The summed E-state index contributed by atoms with van der Waals surface area (Å²) >= 11 is 0. The zero-order chi connectivity index (χ0) is 18.8. The average molecular weight is 370 g/mol. The summed E-state index contributed by atoms with van der Waals surface area (Å²) in [7, 11) is 0. The first kappa shape index (κ1) is 18.0. The molecule has 1 atom stereocenters. The number of rotatable bonds is 5. The Morgan fingerprint density at radius 1 is 1.26 bits per heavy atom. The van der Waals surface area contributed by atoms with Crippen molar-refractivity contribution in [2.75, 3.05) is 38.1 Å². The van der Waals surface area contributed by atoms with E-state index in [1.165, 1.54) is 11.1 Å². The predicted molar refractivity (Wildman–Crippen MR) is 102 cm³/mol. The van der Waals surface area contributed by atoms with Crippen molar-refractivity contribution in [1.29, 1.82) is 0 Å². The van der Waals surface area contributed by atoms with Gasteiger partial charge in [-0.1, -0.05) is 17.3 Å². The van der Waals surface area contributed by atoms with Crippen LogP contribution in [-0.2, 0) is 17.8 Å². The van der Waals surface area contributed by atoms with Gasteiger partial charge in [0.1, 0.15) is 11.5 Å². The molecule has 0 saturated carbocycles. The van der Waals surface area contributed by atoms with Crippen LogP contribution in [0.4, 0.5) is 5.82 Å². The van der Waals surface area contributed by atoms with Gasteiger partial charge >= 0.3 is 0 Å². The second-order valence-electron chi connectivity index (χ2n) is 7.34. The molecule has 4 rings (SSSR count). The van der Waals surface area contributed by atoms with Gasteiger partial charge in [-0.3, -0.25) is 14.6 Å². The van der Waals surface area contributed by atoms with E-state index in [1.807, 2.05) is 6.92 Å². The quantitative estimate of drug-likeness (QED) is 0.869. The van der Waals surface area contributed by atoms with E-state index in [0.717, 1.165) is 51.5 Å². The molecule has 1 saturated heterocycles. The Morgan fingerprint density at radius 2 is 2.07 bits per heavy atom. The molecule has 2 aliphatic heterocycles. The van der Waals surface area contributed by atoms with Crippen LogP contribution in [0, 0.1) is 6.92 Å². The van der Waals surface area contributed by atoms with Gasteiger partial charge in [0.2, 0.25) is 5.91 Å². The van der Waals surface area contributed by atoms with Gasteiger partial charge in [0.25, 0.3) is 0 Å². The van der Waals surface area contributed by atoms with Crippen molar-refractivity contribution in [3.05, 3.63) is 41.2 Å². The number of hydrogen-bond acceptors (Lipinski definition) is 6. The Hall–Kier alpha value is -2.38. The number of nitrogens with zero attached hydrogens (tertiary/aromatic N) is 3. The van der Waals surface area contributed by atoms with E-state index in [2.05, 4.69) is 38.5 Å². The van der Waals surface area contributed by atoms with Crippen molar-refractivity contribution in [3.8, 4) is 5.75 Å². The maximum absolute atomic E-state index is 12.4. The van der Waals surface area contributed by atoms with E-state index in [4.69, 9.17) is 9.26 Å². The summed E-state index contributed by atoms with van der Waals surface area (Å²) in [6.07, 6.45) is 1.01. The minimum Gasteiger partial charge on any atom is -0.493 e. The fourth-order valence-corrected chi connectivity index (χ4v) is 3.73. The second kappa shape index (κ2) is 7.70. The molecule has 2 aliphatic rings. The summed E-state index contributed by atoms with van der Waals surface area (Å²) in [5.41, 5.74) is 2.65.